The molecule has 0 bridgehead atoms. The van der Waals surface area contributed by atoms with Crippen LogP contribution in [-0.4, -0.2) is 248 Å². The smallest absolute Gasteiger partial charge is 0.314 e. The van der Waals surface area contributed by atoms with Crippen molar-refractivity contribution in [1.82, 2.24) is 0 Å². The monoisotopic (exact) mass is 1190 g/mol. The summed E-state index contributed by atoms with van der Waals surface area (Å²) in [5, 5.41) is 121. The minimum Gasteiger partial charge on any atom is -0.458 e. The lowest BCUT2D eigenvalue weighted by Crippen LogP contribution is -2.67. The van der Waals surface area contributed by atoms with Gasteiger partial charge in [0.15, 0.2) is 31.5 Å². The minimum absolute atomic E-state index is 0.0252. The van der Waals surface area contributed by atoms with E-state index in [9.17, 15) is 65.8 Å². The molecule has 10 rings (SSSR count). The Hall–Kier alpha value is -2.26. The Kier molecular flexibility index (Phi) is 18.4. The number of aliphatic hydroxyl groups excluding tert-OH is 11. The number of allylic oxidation sites excluding steroid dienone is 3. The molecule has 11 N–H and O–H groups in total. The predicted molar refractivity (Wildman–Crippen MR) is 281 cm³/mol. The van der Waals surface area contributed by atoms with Crippen molar-refractivity contribution in [3.63, 3.8) is 0 Å². The molecule has 0 aromatic rings. The van der Waals surface area contributed by atoms with Crippen molar-refractivity contribution in [2.45, 2.75) is 253 Å². The van der Waals surface area contributed by atoms with Crippen LogP contribution in [0.5, 0.6) is 0 Å². The molecule has 472 valence electrons. The molecule has 0 amide bonds. The van der Waals surface area contributed by atoms with E-state index in [2.05, 4.69) is 40.3 Å². The van der Waals surface area contributed by atoms with Gasteiger partial charge in [-0.1, -0.05) is 44.9 Å². The first kappa shape index (κ1) is 63.7. The van der Waals surface area contributed by atoms with Gasteiger partial charge < -0.3 is 113 Å². The van der Waals surface area contributed by atoms with Crippen molar-refractivity contribution in [3.8, 4) is 0 Å². The molecule has 25 heteroatoms. The van der Waals surface area contributed by atoms with Gasteiger partial charge in [-0.05, 0) is 94.8 Å². The number of rotatable bonds is 16. The third-order valence-electron chi connectivity index (χ3n) is 21.2. The minimum atomic E-state index is -1.88. The summed E-state index contributed by atoms with van der Waals surface area (Å²) in [4.78, 5) is 28.8. The zero-order valence-corrected chi connectivity index (χ0v) is 48.6. The van der Waals surface area contributed by atoms with Gasteiger partial charge >= 0.3 is 5.97 Å². The SMILES string of the molecule is C=C(C)CCC[C@]1(C)OC(=O)[C@]23CC[C@@H]4C(=CC[C@H]5C(C)(C)[C@@H](O[C@@H]6OC[C@@H](O)[C@H](O)[C@H]6O[C@@H]6O[C@H](C)[C@@H](O[C@@H]7OC[C@@H](O)[C@H](O[C@@H]8O[C@H](CO)[C@@H](O)[C@H](OC)[C@H]8O)[C@H]7O)[C@H](O)[C@H]6O[C@@H]6OC[C@@H](O)[C@H](O)[C@H]6O)CC[C@]45C)[C@]2(C)CC(=O)[C@@H]31. The van der Waals surface area contributed by atoms with Gasteiger partial charge in [-0.15, -0.1) is 6.58 Å². The second-order valence-corrected chi connectivity index (χ2v) is 26.7. The number of ether oxygens (including phenoxy) is 12. The summed E-state index contributed by atoms with van der Waals surface area (Å²) in [6.07, 6.45) is -27.8. The van der Waals surface area contributed by atoms with E-state index in [-0.39, 0.29) is 42.0 Å². The normalized spacial score (nSPS) is 52.4. The maximum absolute atomic E-state index is 14.4. The molecule has 83 heavy (non-hydrogen) atoms. The highest BCUT2D eigenvalue weighted by atomic mass is 16.8. The largest absolute Gasteiger partial charge is 0.458 e. The van der Waals surface area contributed by atoms with E-state index in [1.54, 1.807) is 0 Å². The molecule has 6 heterocycles. The number of carbonyl (C=O) groups is 2. The van der Waals surface area contributed by atoms with Crippen LogP contribution in [0, 0.1) is 39.4 Å². The van der Waals surface area contributed by atoms with E-state index in [4.69, 9.17) is 56.8 Å². The lowest BCUT2D eigenvalue weighted by Gasteiger charge is -2.63. The van der Waals surface area contributed by atoms with Gasteiger partial charge in [0.05, 0.1) is 50.0 Å². The third-order valence-corrected chi connectivity index (χ3v) is 21.2. The summed E-state index contributed by atoms with van der Waals surface area (Å²) in [5.74, 6) is -0.643. The quantitative estimate of drug-likeness (QED) is 0.0645. The Labute approximate surface area is 483 Å². The summed E-state index contributed by atoms with van der Waals surface area (Å²) in [6, 6.07) is 0. The fourth-order valence-corrected chi connectivity index (χ4v) is 16.7. The summed E-state index contributed by atoms with van der Waals surface area (Å²) >= 11 is 0. The van der Waals surface area contributed by atoms with Crippen LogP contribution in [0.25, 0.3) is 0 Å². The molecular formula is C58H90O25. The van der Waals surface area contributed by atoms with Gasteiger partial charge in [0.1, 0.15) is 109 Å². The molecule has 0 radical (unpaired) electrons. The molecule has 4 aliphatic carbocycles. The zero-order valence-electron chi connectivity index (χ0n) is 48.6. The maximum atomic E-state index is 14.4. The van der Waals surface area contributed by atoms with Crippen LogP contribution in [0.3, 0.4) is 0 Å². The molecule has 25 nitrogen and oxygen atoms in total. The van der Waals surface area contributed by atoms with Gasteiger partial charge in [-0.3, -0.25) is 9.59 Å². The second-order valence-electron chi connectivity index (χ2n) is 26.7. The number of carbonyl (C=O) groups excluding carboxylic acids is 2. The summed E-state index contributed by atoms with van der Waals surface area (Å²) in [5.41, 5.74) is -1.23. The number of aliphatic hydroxyl groups is 11. The average Bonchev–Trinajstić information content (AvgIpc) is 1.76. The lowest BCUT2D eigenvalue weighted by molar-refractivity contribution is -0.399. The van der Waals surface area contributed by atoms with Crippen LogP contribution in [0.15, 0.2) is 23.8 Å². The zero-order chi connectivity index (χ0) is 60.2. The summed E-state index contributed by atoms with van der Waals surface area (Å²) in [7, 11) is 1.21. The Morgan fingerprint density at radius 3 is 1.94 bits per heavy atom. The number of hydrogen-bond acceptors (Lipinski definition) is 25. The van der Waals surface area contributed by atoms with Crippen LogP contribution in [0.4, 0.5) is 0 Å². The highest BCUT2D eigenvalue weighted by Crippen LogP contribution is 2.75. The van der Waals surface area contributed by atoms with Crippen molar-refractivity contribution < 1.29 is 123 Å². The van der Waals surface area contributed by atoms with Gasteiger partial charge in [-0.25, -0.2) is 0 Å². The number of methoxy groups -OCH3 is 1. The molecule has 30 atom stereocenters. The van der Waals surface area contributed by atoms with Crippen molar-refractivity contribution in [2.24, 2.45) is 39.4 Å². The maximum Gasteiger partial charge on any atom is 0.314 e. The molecule has 6 saturated heterocycles. The Bertz CT molecular complexity index is 2380. The van der Waals surface area contributed by atoms with Gasteiger partial charge in [0.25, 0.3) is 0 Å². The van der Waals surface area contributed by atoms with Crippen LogP contribution in [-0.2, 0) is 66.4 Å². The molecule has 6 aliphatic heterocycles. The number of Topliss-reactive ketones (excluding diaryl/α,β-unsaturated/α-hetero) is 1. The van der Waals surface area contributed by atoms with Gasteiger partial charge in [0, 0.05) is 18.9 Å². The van der Waals surface area contributed by atoms with Crippen molar-refractivity contribution in [3.05, 3.63) is 23.8 Å². The van der Waals surface area contributed by atoms with Crippen LogP contribution in [0.2, 0.25) is 0 Å². The molecule has 10 aliphatic rings. The summed E-state index contributed by atoms with van der Waals surface area (Å²) in [6.45, 7) is 16.0. The van der Waals surface area contributed by atoms with E-state index in [1.807, 2.05) is 13.8 Å². The van der Waals surface area contributed by atoms with Crippen molar-refractivity contribution in [1.29, 1.82) is 0 Å². The first-order valence-corrected chi connectivity index (χ1v) is 29.6. The van der Waals surface area contributed by atoms with Crippen LogP contribution in [0.1, 0.15) is 106 Å². The van der Waals surface area contributed by atoms with Crippen molar-refractivity contribution in [2.75, 3.05) is 33.5 Å². The van der Waals surface area contributed by atoms with E-state index >= 15 is 0 Å². The first-order chi connectivity index (χ1) is 39.1. The Morgan fingerprint density at radius 2 is 1.27 bits per heavy atom. The van der Waals surface area contributed by atoms with E-state index < -0.39 is 189 Å². The second kappa shape index (κ2) is 23.9. The standard InChI is InChI=1S/C58H90O25/c1-24(2)11-10-16-57(8)47-28(60)19-56(7)27-12-13-33-54(4,5)34(15-17-55(33,6)26(27)14-18-58(47,56)53(71)83-57)78-51-45(36(65)30(62)22-75-51)82-52-46(81-48-38(67)35(64)29(61)21-73-48)39(68)42(25(3)76-52)79-49-40(69)43(31(63)23-74-49)80-50-41(70)44(72-9)37(66)32(20-59)77-50/h12,25-26,29-52,59,61-70H,1,10-11,13-23H2,2-9H3/t25-,26-,29-,30-,31-,32-,33+,34+,35+,36+,37-,38-,39+,40-,41-,42-,43+,44+,45-,46-,47-,48+,49+,50+,51+,52+,55-,56+,57+,58-/m1/s1. The topological polar surface area (TPSA) is 367 Å². The molecule has 0 aromatic carbocycles. The third kappa shape index (κ3) is 10.7. The number of fused-ring (bicyclic) bond motifs is 4. The fourth-order valence-electron chi connectivity index (χ4n) is 16.7. The summed E-state index contributed by atoms with van der Waals surface area (Å²) < 4.78 is 72.5. The molecule has 0 unspecified atom stereocenters. The van der Waals surface area contributed by atoms with E-state index in [0.717, 1.165) is 24.0 Å². The van der Waals surface area contributed by atoms with Crippen molar-refractivity contribution >= 4 is 11.8 Å². The van der Waals surface area contributed by atoms with E-state index in [0.29, 0.717) is 38.5 Å². The molecular weight excluding hydrogens is 1100 g/mol. The predicted octanol–water partition coefficient (Wildman–Crippen LogP) is -1.11. The molecule has 0 aromatic heterocycles. The van der Waals surface area contributed by atoms with Crippen LogP contribution < -0.4 is 0 Å². The number of hydrogen-bond donors (Lipinski definition) is 11. The van der Waals surface area contributed by atoms with Gasteiger partial charge in [-0.2, -0.15) is 0 Å². The first-order valence-electron chi connectivity index (χ1n) is 29.6. The lowest BCUT2D eigenvalue weighted by atomic mass is 9.41. The Morgan fingerprint density at radius 1 is 0.663 bits per heavy atom. The van der Waals surface area contributed by atoms with E-state index in [1.165, 1.54) is 14.0 Å². The number of ketones is 1. The number of cyclic esters (lactones) is 1. The molecule has 3 saturated carbocycles. The fraction of sp³-hybridized carbons (Fsp3) is 0.897. The molecule has 9 fully saturated rings. The van der Waals surface area contributed by atoms with Gasteiger partial charge in [0.2, 0.25) is 0 Å². The average molecular weight is 1190 g/mol. The number of esters is 1. The molecule has 1 spiro atoms. The Balaban J connectivity index is 0.866. The highest BCUT2D eigenvalue weighted by molar-refractivity contribution is 5.99. The van der Waals surface area contributed by atoms with Crippen LogP contribution >= 0.6 is 0 Å². The highest BCUT2D eigenvalue weighted by Gasteiger charge is 2.79.